The van der Waals surface area contributed by atoms with Crippen molar-refractivity contribution in [3.8, 4) is 5.69 Å². The maximum atomic E-state index is 12.7. The van der Waals surface area contributed by atoms with Crippen LogP contribution in [0.25, 0.3) is 16.7 Å². The number of rotatable bonds is 2. The van der Waals surface area contributed by atoms with Crippen molar-refractivity contribution in [3.05, 3.63) is 49.1 Å². The van der Waals surface area contributed by atoms with E-state index in [1.54, 1.807) is 22.8 Å². The molecule has 26 heavy (non-hydrogen) atoms. The van der Waals surface area contributed by atoms with E-state index in [2.05, 4.69) is 19.9 Å². The lowest BCUT2D eigenvalue weighted by atomic mass is 10.3. The van der Waals surface area contributed by atoms with Gasteiger partial charge in [-0.1, -0.05) is 35.4 Å². The molecule has 6 nitrogen and oxygen atoms in total. The zero-order valence-electron chi connectivity index (χ0n) is 13.9. The summed E-state index contributed by atoms with van der Waals surface area (Å²) in [5.41, 5.74) is 0.761. The number of aromatic nitrogens is 4. The quantitative estimate of drug-likeness (QED) is 0.648. The van der Waals surface area contributed by atoms with Crippen LogP contribution in [0, 0.1) is 11.6 Å². The van der Waals surface area contributed by atoms with Crippen LogP contribution < -0.4 is 10.5 Å². The molecule has 0 unspecified atom stereocenters. The lowest BCUT2D eigenvalue weighted by Gasteiger charge is -2.17. The Hall–Kier alpha value is -1.96. The molecule has 1 aliphatic rings. The van der Waals surface area contributed by atoms with Gasteiger partial charge in [-0.2, -0.15) is 4.98 Å². The zero-order chi connectivity index (χ0) is 18.4. The Morgan fingerprint density at radius 3 is 2.58 bits per heavy atom. The van der Waals surface area contributed by atoms with E-state index in [1.165, 1.54) is 0 Å². The van der Waals surface area contributed by atoms with Crippen LogP contribution in [-0.2, 0) is 0 Å². The Morgan fingerprint density at radius 2 is 1.88 bits per heavy atom. The fourth-order valence-corrected chi connectivity index (χ4v) is 3.91. The lowest BCUT2D eigenvalue weighted by molar-refractivity contribution is 0.875. The van der Waals surface area contributed by atoms with Gasteiger partial charge in [-0.15, -0.1) is 0 Å². The number of aromatic amines is 1. The van der Waals surface area contributed by atoms with E-state index in [9.17, 15) is 4.79 Å². The normalized spacial score (nSPS) is 14.3. The molecule has 2 aromatic heterocycles. The van der Waals surface area contributed by atoms with Gasteiger partial charge in [0.15, 0.2) is 5.65 Å². The number of fused-ring (bicyclic) bond motifs is 1. The Kier molecular flexibility index (Phi) is 4.46. The molecule has 1 N–H and O–H groups in total. The molecule has 0 amide bonds. The van der Waals surface area contributed by atoms with E-state index in [1.807, 2.05) is 6.92 Å². The summed E-state index contributed by atoms with van der Waals surface area (Å²) in [7, 11) is 0. The molecule has 3 aromatic rings. The Labute approximate surface area is 164 Å². The average molecular weight is 408 g/mol. The third-order valence-electron chi connectivity index (χ3n) is 4.46. The molecule has 0 saturated carbocycles. The molecule has 1 fully saturated rings. The SMILES string of the molecule is Cc1nc2nc(N3CCCC3)[nH]c(=O)c2c(=S)n1-c1ccc(Cl)c(Cl)c1. The van der Waals surface area contributed by atoms with E-state index < -0.39 is 0 Å². The minimum absolute atomic E-state index is 0.289. The molecule has 0 spiro atoms. The highest BCUT2D eigenvalue weighted by Gasteiger charge is 2.18. The van der Waals surface area contributed by atoms with Crippen molar-refractivity contribution in [2.24, 2.45) is 0 Å². The van der Waals surface area contributed by atoms with Crippen molar-refractivity contribution >= 4 is 52.4 Å². The minimum atomic E-state index is -0.289. The van der Waals surface area contributed by atoms with Crippen LogP contribution in [0.15, 0.2) is 23.0 Å². The van der Waals surface area contributed by atoms with Crippen molar-refractivity contribution in [2.45, 2.75) is 19.8 Å². The Morgan fingerprint density at radius 1 is 1.15 bits per heavy atom. The van der Waals surface area contributed by atoms with Crippen molar-refractivity contribution in [1.82, 2.24) is 19.5 Å². The number of aryl methyl sites for hydroxylation is 1. The molecular weight excluding hydrogens is 393 g/mol. The standard InChI is InChI=1S/C17H15Cl2N5OS/c1-9-20-14-13(15(25)22-17(21-14)23-6-2-3-7-23)16(26)24(9)10-4-5-11(18)12(19)8-10/h4-5,8H,2-3,6-7H2,1H3,(H,21,22,25). The van der Waals surface area contributed by atoms with Gasteiger partial charge in [0.2, 0.25) is 5.95 Å². The van der Waals surface area contributed by atoms with Crippen LogP contribution >= 0.6 is 35.4 Å². The number of hydrogen-bond donors (Lipinski definition) is 1. The Balaban J connectivity index is 1.95. The maximum Gasteiger partial charge on any atom is 0.264 e. The molecule has 0 aliphatic carbocycles. The van der Waals surface area contributed by atoms with E-state index in [0.717, 1.165) is 25.9 Å². The second-order valence-electron chi connectivity index (χ2n) is 6.18. The van der Waals surface area contributed by atoms with Crippen LogP contribution in [0.4, 0.5) is 5.95 Å². The summed E-state index contributed by atoms with van der Waals surface area (Å²) < 4.78 is 2.04. The number of nitrogens with zero attached hydrogens (tertiary/aromatic N) is 4. The van der Waals surface area contributed by atoms with Crippen LogP contribution in [0.5, 0.6) is 0 Å². The largest absolute Gasteiger partial charge is 0.342 e. The fraction of sp³-hybridized carbons (Fsp3) is 0.294. The minimum Gasteiger partial charge on any atom is -0.342 e. The number of hydrogen-bond acceptors (Lipinski definition) is 5. The van der Waals surface area contributed by atoms with Gasteiger partial charge in [0, 0.05) is 18.8 Å². The Bertz CT molecular complexity index is 1130. The van der Waals surface area contributed by atoms with E-state index in [4.69, 9.17) is 35.4 Å². The molecule has 134 valence electrons. The van der Waals surface area contributed by atoms with Crippen LogP contribution in [0.1, 0.15) is 18.7 Å². The number of anilines is 1. The first-order valence-electron chi connectivity index (χ1n) is 8.20. The monoisotopic (exact) mass is 407 g/mol. The molecule has 0 bridgehead atoms. The predicted molar refractivity (Wildman–Crippen MR) is 107 cm³/mol. The first-order valence-corrected chi connectivity index (χ1v) is 9.36. The molecule has 1 aromatic carbocycles. The van der Waals surface area contributed by atoms with Crippen molar-refractivity contribution in [2.75, 3.05) is 18.0 Å². The molecular formula is C17H15Cl2N5OS. The van der Waals surface area contributed by atoms with Crippen molar-refractivity contribution in [3.63, 3.8) is 0 Å². The van der Waals surface area contributed by atoms with Gasteiger partial charge >= 0.3 is 0 Å². The molecule has 3 heterocycles. The van der Waals surface area contributed by atoms with Gasteiger partial charge < -0.3 is 4.90 Å². The lowest BCUT2D eigenvalue weighted by Crippen LogP contribution is -2.25. The summed E-state index contributed by atoms with van der Waals surface area (Å²) >= 11 is 17.7. The first-order chi connectivity index (χ1) is 12.5. The van der Waals surface area contributed by atoms with Crippen molar-refractivity contribution in [1.29, 1.82) is 0 Å². The third-order valence-corrected chi connectivity index (χ3v) is 5.59. The van der Waals surface area contributed by atoms with Crippen LogP contribution in [0.2, 0.25) is 10.0 Å². The van der Waals surface area contributed by atoms with Gasteiger partial charge in [-0.3, -0.25) is 14.3 Å². The average Bonchev–Trinajstić information content (AvgIpc) is 3.12. The highest BCUT2D eigenvalue weighted by atomic mass is 35.5. The number of H-pyrrole nitrogens is 1. The summed E-state index contributed by atoms with van der Waals surface area (Å²) in [6.45, 7) is 3.57. The number of nitrogens with one attached hydrogen (secondary N) is 1. The van der Waals surface area contributed by atoms with E-state index in [0.29, 0.717) is 43.2 Å². The summed E-state index contributed by atoms with van der Waals surface area (Å²) in [6, 6.07) is 5.16. The predicted octanol–water partition coefficient (Wildman–Crippen LogP) is 4.05. The highest BCUT2D eigenvalue weighted by Crippen LogP contribution is 2.26. The smallest absolute Gasteiger partial charge is 0.264 e. The number of benzene rings is 1. The van der Waals surface area contributed by atoms with Gasteiger partial charge in [-0.25, -0.2) is 4.98 Å². The maximum absolute atomic E-state index is 12.7. The molecule has 1 saturated heterocycles. The molecule has 4 rings (SSSR count). The molecule has 0 radical (unpaired) electrons. The van der Waals surface area contributed by atoms with E-state index in [-0.39, 0.29) is 5.56 Å². The second kappa shape index (κ2) is 6.64. The van der Waals surface area contributed by atoms with Gasteiger partial charge in [0.1, 0.15) is 15.9 Å². The van der Waals surface area contributed by atoms with Crippen molar-refractivity contribution < 1.29 is 0 Å². The van der Waals surface area contributed by atoms with Gasteiger partial charge in [-0.05, 0) is 38.0 Å². The van der Waals surface area contributed by atoms with Crippen LogP contribution in [-0.4, -0.2) is 32.6 Å². The summed E-state index contributed by atoms with van der Waals surface area (Å²) in [5, 5.41) is 1.14. The molecule has 0 atom stereocenters. The van der Waals surface area contributed by atoms with Gasteiger partial charge in [0.25, 0.3) is 5.56 Å². The second-order valence-corrected chi connectivity index (χ2v) is 7.38. The first kappa shape index (κ1) is 17.5. The highest BCUT2D eigenvalue weighted by molar-refractivity contribution is 7.71. The summed E-state index contributed by atoms with van der Waals surface area (Å²) in [4.78, 5) is 26.7. The number of halogens is 2. The topological polar surface area (TPSA) is 66.8 Å². The third kappa shape index (κ3) is 2.90. The molecule has 9 heteroatoms. The zero-order valence-corrected chi connectivity index (χ0v) is 16.3. The fourth-order valence-electron chi connectivity index (χ4n) is 3.19. The molecule has 1 aliphatic heterocycles. The van der Waals surface area contributed by atoms with E-state index >= 15 is 0 Å². The summed E-state index contributed by atoms with van der Waals surface area (Å²) in [5.74, 6) is 1.17. The van der Waals surface area contributed by atoms with Gasteiger partial charge in [0.05, 0.1) is 10.0 Å². The van der Waals surface area contributed by atoms with Crippen LogP contribution in [0.3, 0.4) is 0 Å². The summed E-state index contributed by atoms with van der Waals surface area (Å²) in [6.07, 6.45) is 2.18.